The van der Waals surface area contributed by atoms with Crippen LogP contribution in [0.5, 0.6) is 0 Å². The van der Waals surface area contributed by atoms with Crippen molar-refractivity contribution in [1.82, 2.24) is 14.7 Å². The first-order valence-corrected chi connectivity index (χ1v) is 9.07. The number of hydrogen-bond donors (Lipinski definition) is 1. The number of benzene rings is 1. The van der Waals surface area contributed by atoms with Crippen LogP contribution < -0.4 is 5.32 Å². The van der Waals surface area contributed by atoms with Gasteiger partial charge in [-0.2, -0.15) is 5.10 Å². The number of rotatable bonds is 6. The molecule has 2 aliphatic heterocycles. The van der Waals surface area contributed by atoms with E-state index in [1.54, 1.807) is 19.4 Å². The molecule has 4 rings (SSSR count). The maximum atomic E-state index is 13.3. The molecule has 7 nitrogen and oxygen atoms in total. The van der Waals surface area contributed by atoms with Crippen LogP contribution in [0, 0.1) is 5.82 Å². The summed E-state index contributed by atoms with van der Waals surface area (Å²) in [4.78, 5) is 14.7. The summed E-state index contributed by atoms with van der Waals surface area (Å²) in [5.41, 5.74) is 0.873. The summed E-state index contributed by atoms with van der Waals surface area (Å²) in [5.74, 6) is -0.792. The number of amides is 1. The summed E-state index contributed by atoms with van der Waals surface area (Å²) in [6, 6.07) is 6.61. The van der Waals surface area contributed by atoms with Gasteiger partial charge in [0.15, 0.2) is 0 Å². The van der Waals surface area contributed by atoms with Crippen LogP contribution in [0.25, 0.3) is 0 Å². The summed E-state index contributed by atoms with van der Waals surface area (Å²) in [5, 5.41) is 7.20. The largest absolute Gasteiger partial charge is 0.383 e. The third-order valence-electron chi connectivity index (χ3n) is 5.20. The van der Waals surface area contributed by atoms with E-state index in [2.05, 4.69) is 15.3 Å². The minimum Gasteiger partial charge on any atom is -0.383 e. The van der Waals surface area contributed by atoms with Crippen LogP contribution in [0.15, 0.2) is 36.7 Å². The lowest BCUT2D eigenvalue weighted by atomic mass is 10.1. The highest BCUT2D eigenvalue weighted by atomic mass is 19.1. The average molecular weight is 374 g/mol. The molecule has 3 heterocycles. The molecular formula is C19H23FN4O3. The first kappa shape index (κ1) is 18.1. The number of aromatic nitrogens is 2. The number of ether oxygens (including phenoxy) is 2. The molecular weight excluding hydrogens is 351 g/mol. The molecule has 0 bridgehead atoms. The fraction of sp³-hybridized carbons (Fsp3) is 0.474. The molecule has 2 atom stereocenters. The van der Waals surface area contributed by atoms with E-state index in [0.717, 1.165) is 26.2 Å². The molecule has 1 aromatic heterocycles. The van der Waals surface area contributed by atoms with Crippen molar-refractivity contribution in [3.8, 4) is 0 Å². The lowest BCUT2D eigenvalue weighted by molar-refractivity contribution is -0.0768. The molecule has 2 aromatic rings. The molecule has 2 fully saturated rings. The number of nitrogens with zero attached hydrogens (tertiary/aromatic N) is 3. The molecule has 2 saturated heterocycles. The van der Waals surface area contributed by atoms with Gasteiger partial charge in [0.05, 0.1) is 43.8 Å². The summed E-state index contributed by atoms with van der Waals surface area (Å²) in [6.45, 7) is 3.08. The molecule has 27 heavy (non-hydrogen) atoms. The van der Waals surface area contributed by atoms with Gasteiger partial charge in [-0.1, -0.05) is 6.07 Å². The first-order chi connectivity index (χ1) is 13.1. The number of nitrogens with one attached hydrogen (secondary N) is 1. The van der Waals surface area contributed by atoms with Gasteiger partial charge in [-0.05, 0) is 24.6 Å². The van der Waals surface area contributed by atoms with Crippen LogP contribution in [0.2, 0.25) is 0 Å². The molecule has 8 heteroatoms. The Morgan fingerprint density at radius 1 is 1.41 bits per heavy atom. The highest BCUT2D eigenvalue weighted by molar-refractivity contribution is 6.04. The van der Waals surface area contributed by atoms with Crippen LogP contribution in [0.3, 0.4) is 0 Å². The first-order valence-electron chi connectivity index (χ1n) is 9.07. The van der Waals surface area contributed by atoms with Crippen molar-refractivity contribution >= 4 is 11.6 Å². The van der Waals surface area contributed by atoms with Crippen LogP contribution in [-0.4, -0.2) is 66.1 Å². The number of halogens is 1. The normalized spacial score (nSPS) is 23.3. The van der Waals surface area contributed by atoms with Gasteiger partial charge in [-0.25, -0.2) is 4.39 Å². The summed E-state index contributed by atoms with van der Waals surface area (Å²) in [7, 11) is 1.72. The number of likely N-dealkylation sites (tertiary alicyclic amines) is 1. The molecule has 1 aromatic carbocycles. The Balaban J connectivity index is 1.42. The Morgan fingerprint density at radius 3 is 2.96 bits per heavy atom. The summed E-state index contributed by atoms with van der Waals surface area (Å²) in [6.07, 6.45) is 4.38. The highest BCUT2D eigenvalue weighted by Crippen LogP contribution is 2.31. The molecule has 2 aliphatic rings. The van der Waals surface area contributed by atoms with Crippen LogP contribution >= 0.6 is 0 Å². The van der Waals surface area contributed by atoms with Crippen molar-refractivity contribution in [3.63, 3.8) is 0 Å². The van der Waals surface area contributed by atoms with E-state index in [-0.39, 0.29) is 17.5 Å². The summed E-state index contributed by atoms with van der Waals surface area (Å²) >= 11 is 0. The highest BCUT2D eigenvalue weighted by Gasteiger charge is 2.40. The fourth-order valence-corrected chi connectivity index (χ4v) is 3.76. The number of methoxy groups -OCH3 is 1. The predicted molar refractivity (Wildman–Crippen MR) is 97.2 cm³/mol. The Labute approximate surface area is 157 Å². The second kappa shape index (κ2) is 7.75. The lowest BCUT2D eigenvalue weighted by Crippen LogP contribution is -2.52. The molecule has 1 amide bonds. The van der Waals surface area contributed by atoms with E-state index >= 15 is 0 Å². The third kappa shape index (κ3) is 3.87. The zero-order chi connectivity index (χ0) is 18.8. The SMILES string of the molecule is COC[C@@H]1C[C@H](n2cc(NC(=O)c3cccc(F)c3)cn2)CN1C1COC1. The topological polar surface area (TPSA) is 68.6 Å². The Hall–Kier alpha value is -2.29. The summed E-state index contributed by atoms with van der Waals surface area (Å²) < 4.78 is 25.9. The molecule has 0 aliphatic carbocycles. The average Bonchev–Trinajstić information content (AvgIpc) is 3.21. The second-order valence-corrected chi connectivity index (χ2v) is 7.06. The van der Waals surface area contributed by atoms with Gasteiger partial charge < -0.3 is 14.8 Å². The number of anilines is 1. The van der Waals surface area contributed by atoms with E-state index in [0.29, 0.717) is 24.4 Å². The van der Waals surface area contributed by atoms with Gasteiger partial charge in [-0.15, -0.1) is 0 Å². The number of carbonyl (C=O) groups excluding carboxylic acids is 1. The van der Waals surface area contributed by atoms with Crippen molar-refractivity contribution in [3.05, 3.63) is 48.0 Å². The Bertz CT molecular complexity index is 808. The van der Waals surface area contributed by atoms with Crippen molar-refractivity contribution < 1.29 is 18.7 Å². The Kier molecular flexibility index (Phi) is 5.20. The van der Waals surface area contributed by atoms with E-state index in [1.165, 1.54) is 18.2 Å². The minimum atomic E-state index is -0.437. The van der Waals surface area contributed by atoms with Gasteiger partial charge >= 0.3 is 0 Å². The van der Waals surface area contributed by atoms with Crippen molar-refractivity contribution in [2.45, 2.75) is 24.5 Å². The van der Waals surface area contributed by atoms with Crippen molar-refractivity contribution in [1.29, 1.82) is 0 Å². The Morgan fingerprint density at radius 2 is 2.26 bits per heavy atom. The van der Waals surface area contributed by atoms with E-state index in [4.69, 9.17) is 9.47 Å². The van der Waals surface area contributed by atoms with Crippen LogP contribution in [0.4, 0.5) is 10.1 Å². The van der Waals surface area contributed by atoms with E-state index in [9.17, 15) is 9.18 Å². The number of carbonyl (C=O) groups is 1. The monoisotopic (exact) mass is 374 g/mol. The molecule has 1 N–H and O–H groups in total. The molecule has 144 valence electrons. The van der Waals surface area contributed by atoms with Gasteiger partial charge in [0.1, 0.15) is 5.82 Å². The lowest BCUT2D eigenvalue weighted by Gasteiger charge is -2.38. The quantitative estimate of drug-likeness (QED) is 0.837. The molecule has 0 saturated carbocycles. The van der Waals surface area contributed by atoms with Gasteiger partial charge in [-0.3, -0.25) is 14.4 Å². The second-order valence-electron chi connectivity index (χ2n) is 7.06. The molecule has 0 radical (unpaired) electrons. The van der Waals surface area contributed by atoms with E-state index < -0.39 is 5.82 Å². The van der Waals surface area contributed by atoms with Gasteiger partial charge in [0.2, 0.25) is 0 Å². The maximum Gasteiger partial charge on any atom is 0.255 e. The van der Waals surface area contributed by atoms with Crippen LogP contribution in [0.1, 0.15) is 22.8 Å². The predicted octanol–water partition coefficient (Wildman–Crippen LogP) is 1.94. The van der Waals surface area contributed by atoms with Crippen molar-refractivity contribution in [2.24, 2.45) is 0 Å². The maximum absolute atomic E-state index is 13.3. The zero-order valence-electron chi connectivity index (χ0n) is 15.2. The van der Waals surface area contributed by atoms with Gasteiger partial charge in [0, 0.05) is 31.5 Å². The fourth-order valence-electron chi connectivity index (χ4n) is 3.76. The third-order valence-corrected chi connectivity index (χ3v) is 5.20. The van der Waals surface area contributed by atoms with E-state index in [1.807, 2.05) is 10.9 Å². The number of hydrogen-bond acceptors (Lipinski definition) is 5. The minimum absolute atomic E-state index is 0.213. The van der Waals surface area contributed by atoms with Gasteiger partial charge in [0.25, 0.3) is 5.91 Å². The standard InChI is InChI=1S/C19H23FN4O3/c1-26-10-17-6-16(9-23(17)18-11-27-12-18)24-8-15(7-21-24)22-19(25)13-3-2-4-14(20)5-13/h2-5,7-8,16-18H,6,9-12H2,1H3,(H,22,25)/t16-,17-/m0/s1. The molecule has 0 unspecified atom stereocenters. The molecule has 0 spiro atoms. The van der Waals surface area contributed by atoms with Crippen molar-refractivity contribution in [2.75, 3.05) is 38.8 Å². The zero-order valence-corrected chi connectivity index (χ0v) is 15.2. The van der Waals surface area contributed by atoms with Crippen LogP contribution in [-0.2, 0) is 9.47 Å². The smallest absolute Gasteiger partial charge is 0.255 e.